The molecule has 1 atom stereocenters. The van der Waals surface area contributed by atoms with Crippen molar-refractivity contribution in [2.45, 2.75) is 37.6 Å². The summed E-state index contributed by atoms with van der Waals surface area (Å²) in [5.41, 5.74) is 6.32. The van der Waals surface area contributed by atoms with Crippen LogP contribution >= 0.6 is 0 Å². The second-order valence-corrected chi connectivity index (χ2v) is 4.82. The summed E-state index contributed by atoms with van der Waals surface area (Å²) in [7, 11) is 2.22. The van der Waals surface area contributed by atoms with Gasteiger partial charge in [-0.3, -0.25) is 0 Å². The predicted molar refractivity (Wildman–Crippen MR) is 51.0 cm³/mol. The van der Waals surface area contributed by atoms with Crippen LogP contribution in [0, 0.1) is 5.92 Å². The Hall–Kier alpha value is -0.0800. The summed E-state index contributed by atoms with van der Waals surface area (Å²) >= 11 is 0. The quantitative estimate of drug-likeness (QED) is 0.686. The number of hydrogen-bond donors (Lipinski definition) is 1. The van der Waals surface area contributed by atoms with E-state index in [0.29, 0.717) is 0 Å². The van der Waals surface area contributed by atoms with Crippen LogP contribution in [0.1, 0.15) is 32.1 Å². The molecule has 1 unspecified atom stereocenters. The van der Waals surface area contributed by atoms with Crippen LogP contribution in [0.15, 0.2) is 0 Å². The van der Waals surface area contributed by atoms with Crippen LogP contribution < -0.4 is 5.73 Å². The average molecular weight is 168 g/mol. The van der Waals surface area contributed by atoms with E-state index >= 15 is 0 Å². The molecular weight excluding hydrogens is 148 g/mol. The van der Waals surface area contributed by atoms with Crippen LogP contribution in [-0.2, 0) is 0 Å². The molecule has 1 aliphatic carbocycles. The van der Waals surface area contributed by atoms with Crippen LogP contribution in [0.4, 0.5) is 0 Å². The van der Waals surface area contributed by atoms with Gasteiger partial charge in [0.2, 0.25) is 0 Å². The molecule has 0 aromatic carbocycles. The highest BCUT2D eigenvalue weighted by Gasteiger charge is 2.38. The predicted octanol–water partition coefficient (Wildman–Crippen LogP) is 1.21. The molecule has 1 heterocycles. The van der Waals surface area contributed by atoms with Crippen molar-refractivity contribution in [3.8, 4) is 0 Å². The SMILES string of the molecule is CN1CCC(CCC2(N)CC2)C1. The number of hydrogen-bond acceptors (Lipinski definition) is 2. The van der Waals surface area contributed by atoms with Gasteiger partial charge >= 0.3 is 0 Å². The highest BCUT2D eigenvalue weighted by atomic mass is 15.1. The van der Waals surface area contributed by atoms with Crippen molar-refractivity contribution in [2.24, 2.45) is 11.7 Å². The fourth-order valence-corrected chi connectivity index (χ4v) is 2.16. The molecule has 2 fully saturated rings. The molecule has 2 aliphatic rings. The maximum atomic E-state index is 6.05. The largest absolute Gasteiger partial charge is 0.325 e. The number of nitrogens with two attached hydrogens (primary N) is 1. The lowest BCUT2D eigenvalue weighted by Crippen LogP contribution is -2.23. The summed E-state index contributed by atoms with van der Waals surface area (Å²) in [6, 6.07) is 0. The van der Waals surface area contributed by atoms with E-state index < -0.39 is 0 Å². The van der Waals surface area contributed by atoms with Gasteiger partial charge in [0.25, 0.3) is 0 Å². The second-order valence-electron chi connectivity index (χ2n) is 4.82. The van der Waals surface area contributed by atoms with Crippen LogP contribution in [0.5, 0.6) is 0 Å². The topological polar surface area (TPSA) is 29.3 Å². The first kappa shape index (κ1) is 8.52. The Bertz CT molecular complexity index is 163. The van der Waals surface area contributed by atoms with E-state index in [-0.39, 0.29) is 5.54 Å². The first-order valence-corrected chi connectivity index (χ1v) is 5.15. The van der Waals surface area contributed by atoms with Crippen molar-refractivity contribution in [1.82, 2.24) is 4.90 Å². The van der Waals surface area contributed by atoms with Gasteiger partial charge in [-0.1, -0.05) is 0 Å². The minimum atomic E-state index is 0.279. The smallest absolute Gasteiger partial charge is 0.0155 e. The summed E-state index contributed by atoms with van der Waals surface area (Å²) in [5.74, 6) is 0.941. The lowest BCUT2D eigenvalue weighted by atomic mass is 9.98. The van der Waals surface area contributed by atoms with Gasteiger partial charge in [-0.25, -0.2) is 0 Å². The number of rotatable bonds is 3. The lowest BCUT2D eigenvalue weighted by molar-refractivity contribution is 0.376. The normalized spacial score (nSPS) is 34.0. The zero-order valence-electron chi connectivity index (χ0n) is 8.05. The van der Waals surface area contributed by atoms with Gasteiger partial charge in [0.05, 0.1) is 0 Å². The Balaban J connectivity index is 1.67. The molecule has 1 saturated heterocycles. The first-order chi connectivity index (χ1) is 5.68. The standard InChI is InChI=1S/C10H20N2/c1-12-7-3-9(8-12)2-4-10(11)5-6-10/h9H,2-8,11H2,1H3. The fourth-order valence-electron chi connectivity index (χ4n) is 2.16. The monoisotopic (exact) mass is 168 g/mol. The Morgan fingerprint density at radius 1 is 1.50 bits per heavy atom. The highest BCUT2D eigenvalue weighted by molar-refractivity contribution is 4.98. The molecule has 0 aromatic rings. The van der Waals surface area contributed by atoms with Gasteiger partial charge in [-0.15, -0.1) is 0 Å². The van der Waals surface area contributed by atoms with E-state index in [1.165, 1.54) is 45.2 Å². The van der Waals surface area contributed by atoms with Crippen molar-refractivity contribution in [3.05, 3.63) is 0 Å². The molecular formula is C10H20N2. The van der Waals surface area contributed by atoms with Gasteiger partial charge in [0, 0.05) is 12.1 Å². The van der Waals surface area contributed by atoms with E-state index in [4.69, 9.17) is 5.73 Å². The van der Waals surface area contributed by atoms with E-state index in [9.17, 15) is 0 Å². The van der Waals surface area contributed by atoms with E-state index in [1.54, 1.807) is 0 Å². The first-order valence-electron chi connectivity index (χ1n) is 5.15. The van der Waals surface area contributed by atoms with Gasteiger partial charge in [-0.05, 0) is 51.6 Å². The summed E-state index contributed by atoms with van der Waals surface area (Å²) in [6.07, 6.45) is 6.57. The van der Waals surface area contributed by atoms with Gasteiger partial charge in [0.15, 0.2) is 0 Å². The van der Waals surface area contributed by atoms with Crippen LogP contribution in [0.3, 0.4) is 0 Å². The van der Waals surface area contributed by atoms with Crippen molar-refractivity contribution in [2.75, 3.05) is 20.1 Å². The molecule has 12 heavy (non-hydrogen) atoms. The summed E-state index contributed by atoms with van der Waals surface area (Å²) in [6.45, 7) is 2.60. The third-order valence-electron chi connectivity index (χ3n) is 3.43. The maximum Gasteiger partial charge on any atom is 0.0155 e. The molecule has 0 bridgehead atoms. The van der Waals surface area contributed by atoms with Crippen LogP contribution in [-0.4, -0.2) is 30.6 Å². The van der Waals surface area contributed by atoms with Gasteiger partial charge in [-0.2, -0.15) is 0 Å². The van der Waals surface area contributed by atoms with Crippen molar-refractivity contribution in [3.63, 3.8) is 0 Å². The Labute approximate surface area is 75.1 Å². The molecule has 0 aromatic heterocycles. The second kappa shape index (κ2) is 3.00. The lowest BCUT2D eigenvalue weighted by Gasteiger charge is -2.13. The minimum absolute atomic E-state index is 0.279. The third-order valence-corrected chi connectivity index (χ3v) is 3.43. The summed E-state index contributed by atoms with van der Waals surface area (Å²) < 4.78 is 0. The molecule has 1 saturated carbocycles. The van der Waals surface area contributed by atoms with Crippen LogP contribution in [0.2, 0.25) is 0 Å². The third kappa shape index (κ3) is 1.99. The van der Waals surface area contributed by atoms with E-state index in [1.807, 2.05) is 0 Å². The summed E-state index contributed by atoms with van der Waals surface area (Å²) in [4.78, 5) is 2.43. The van der Waals surface area contributed by atoms with E-state index in [0.717, 1.165) is 5.92 Å². The number of likely N-dealkylation sites (tertiary alicyclic amines) is 1. The molecule has 2 N–H and O–H groups in total. The molecule has 1 aliphatic heterocycles. The summed E-state index contributed by atoms with van der Waals surface area (Å²) in [5, 5.41) is 0. The maximum absolute atomic E-state index is 6.05. The molecule has 2 nitrogen and oxygen atoms in total. The Kier molecular flexibility index (Phi) is 2.13. The molecule has 2 rings (SSSR count). The fraction of sp³-hybridized carbons (Fsp3) is 1.00. The van der Waals surface area contributed by atoms with Gasteiger partial charge < -0.3 is 10.6 Å². The van der Waals surface area contributed by atoms with Crippen molar-refractivity contribution < 1.29 is 0 Å². The minimum Gasteiger partial charge on any atom is -0.325 e. The van der Waals surface area contributed by atoms with Crippen molar-refractivity contribution in [1.29, 1.82) is 0 Å². The number of nitrogens with zero attached hydrogens (tertiary/aromatic N) is 1. The van der Waals surface area contributed by atoms with Crippen molar-refractivity contribution >= 4 is 0 Å². The molecule has 0 amide bonds. The molecule has 0 spiro atoms. The highest BCUT2D eigenvalue weighted by Crippen LogP contribution is 2.38. The molecule has 70 valence electrons. The Morgan fingerprint density at radius 3 is 2.75 bits per heavy atom. The molecule has 0 radical (unpaired) electrons. The van der Waals surface area contributed by atoms with Crippen LogP contribution in [0.25, 0.3) is 0 Å². The van der Waals surface area contributed by atoms with E-state index in [2.05, 4.69) is 11.9 Å². The van der Waals surface area contributed by atoms with Gasteiger partial charge in [0.1, 0.15) is 0 Å². The zero-order valence-corrected chi connectivity index (χ0v) is 8.05. The Morgan fingerprint density at radius 2 is 2.25 bits per heavy atom. The average Bonchev–Trinajstić information content (AvgIpc) is 2.60. The molecule has 2 heteroatoms. The zero-order chi connectivity index (χ0) is 8.60.